The topological polar surface area (TPSA) is 80.0 Å². The van der Waals surface area contributed by atoms with Crippen molar-refractivity contribution in [3.05, 3.63) is 82.5 Å². The fourth-order valence-electron chi connectivity index (χ4n) is 2.63. The second kappa shape index (κ2) is 9.01. The summed E-state index contributed by atoms with van der Waals surface area (Å²) in [4.78, 5) is 20.3. The summed E-state index contributed by atoms with van der Waals surface area (Å²) < 4.78 is 0. The van der Waals surface area contributed by atoms with Gasteiger partial charge in [0, 0.05) is 28.2 Å². The summed E-state index contributed by atoms with van der Waals surface area (Å²) in [6.45, 7) is 2.44. The third-order valence-electron chi connectivity index (χ3n) is 4.11. The standard InChI is InChI=1S/C20H19ClN4OS/c1-13-10-16(27-25-22)8-6-14(13)11-24-20(26)15-7-9-19(23-12-15)17-4-2-3-5-18(17)21/h2-10,12,25H,11,22H2,1H3,(H,24,26). The number of rotatable bonds is 6. The van der Waals surface area contributed by atoms with E-state index in [1.165, 1.54) is 11.9 Å². The normalized spacial score (nSPS) is 10.6. The first-order valence-corrected chi connectivity index (χ1v) is 9.49. The van der Waals surface area contributed by atoms with Crippen molar-refractivity contribution in [2.24, 2.45) is 5.84 Å². The SMILES string of the molecule is Cc1cc(SNN)ccc1CNC(=O)c1ccc(-c2ccccc2Cl)nc1. The zero-order valence-electron chi connectivity index (χ0n) is 14.7. The first kappa shape index (κ1) is 19.4. The molecular formula is C20H19ClN4OS. The van der Waals surface area contributed by atoms with Gasteiger partial charge in [-0.25, -0.2) is 0 Å². The van der Waals surface area contributed by atoms with Gasteiger partial charge in [-0.15, -0.1) is 0 Å². The van der Waals surface area contributed by atoms with Crippen LogP contribution in [0, 0.1) is 6.92 Å². The average Bonchev–Trinajstić information content (AvgIpc) is 2.68. The molecule has 7 heteroatoms. The molecule has 5 nitrogen and oxygen atoms in total. The first-order valence-electron chi connectivity index (χ1n) is 8.29. The number of hydrazine groups is 1. The Kier molecular flexibility index (Phi) is 6.47. The van der Waals surface area contributed by atoms with E-state index in [2.05, 4.69) is 15.1 Å². The molecule has 0 aliphatic carbocycles. The highest BCUT2D eigenvalue weighted by molar-refractivity contribution is 7.97. The van der Waals surface area contributed by atoms with Gasteiger partial charge in [-0.05, 0) is 60.3 Å². The predicted octanol–water partition coefficient (Wildman–Crippen LogP) is 4.11. The summed E-state index contributed by atoms with van der Waals surface area (Å²) in [5.41, 5.74) is 4.21. The monoisotopic (exact) mass is 398 g/mol. The minimum Gasteiger partial charge on any atom is -0.348 e. The summed E-state index contributed by atoms with van der Waals surface area (Å²) in [6, 6.07) is 17.0. The summed E-state index contributed by atoms with van der Waals surface area (Å²) in [7, 11) is 0. The average molecular weight is 399 g/mol. The van der Waals surface area contributed by atoms with Crippen LogP contribution in [-0.4, -0.2) is 10.9 Å². The van der Waals surface area contributed by atoms with Gasteiger partial charge in [-0.3, -0.25) is 15.6 Å². The van der Waals surface area contributed by atoms with Crippen molar-refractivity contribution in [2.45, 2.75) is 18.4 Å². The number of pyridine rings is 1. The summed E-state index contributed by atoms with van der Waals surface area (Å²) in [5.74, 6) is 5.14. The highest BCUT2D eigenvalue weighted by Crippen LogP contribution is 2.25. The Hall–Kier alpha value is -2.38. The molecule has 0 saturated heterocycles. The van der Waals surface area contributed by atoms with Crippen molar-refractivity contribution >= 4 is 29.5 Å². The van der Waals surface area contributed by atoms with Crippen LogP contribution < -0.4 is 16.0 Å². The zero-order valence-corrected chi connectivity index (χ0v) is 16.3. The van der Waals surface area contributed by atoms with Gasteiger partial charge < -0.3 is 5.32 Å². The van der Waals surface area contributed by atoms with E-state index in [-0.39, 0.29) is 5.91 Å². The molecule has 2 aromatic carbocycles. The van der Waals surface area contributed by atoms with Crippen molar-refractivity contribution in [1.29, 1.82) is 0 Å². The lowest BCUT2D eigenvalue weighted by molar-refractivity contribution is 0.0950. The molecule has 4 N–H and O–H groups in total. The number of hydrogen-bond acceptors (Lipinski definition) is 5. The van der Waals surface area contributed by atoms with E-state index in [4.69, 9.17) is 17.4 Å². The Morgan fingerprint density at radius 3 is 2.67 bits per heavy atom. The van der Waals surface area contributed by atoms with Gasteiger partial charge in [0.25, 0.3) is 5.91 Å². The van der Waals surface area contributed by atoms with Crippen LogP contribution >= 0.6 is 23.5 Å². The number of benzene rings is 2. The Balaban J connectivity index is 1.66. The van der Waals surface area contributed by atoms with Gasteiger partial charge in [0.2, 0.25) is 0 Å². The number of aromatic nitrogens is 1. The molecule has 1 heterocycles. The molecule has 0 unspecified atom stereocenters. The highest BCUT2D eigenvalue weighted by atomic mass is 35.5. The van der Waals surface area contributed by atoms with Gasteiger partial charge in [0.1, 0.15) is 0 Å². The van der Waals surface area contributed by atoms with Crippen molar-refractivity contribution in [1.82, 2.24) is 15.1 Å². The Labute approximate surface area is 167 Å². The third-order valence-corrected chi connectivity index (χ3v) is 5.04. The number of nitrogens with zero attached hydrogens (tertiary/aromatic N) is 1. The number of carbonyl (C=O) groups excluding carboxylic acids is 1. The second-order valence-corrected chi connectivity index (χ2v) is 7.22. The summed E-state index contributed by atoms with van der Waals surface area (Å²) >= 11 is 7.54. The number of amides is 1. The second-order valence-electron chi connectivity index (χ2n) is 5.90. The molecular weight excluding hydrogens is 380 g/mol. The molecule has 1 amide bonds. The van der Waals surface area contributed by atoms with E-state index in [0.717, 1.165) is 27.3 Å². The van der Waals surface area contributed by atoms with E-state index in [9.17, 15) is 4.79 Å². The molecule has 138 valence electrons. The number of aryl methyl sites for hydroxylation is 1. The lowest BCUT2D eigenvalue weighted by Crippen LogP contribution is -2.23. The molecule has 0 aliphatic rings. The third kappa shape index (κ3) is 4.87. The fourth-order valence-corrected chi connectivity index (χ4v) is 3.37. The van der Waals surface area contributed by atoms with Crippen LogP contribution in [0.1, 0.15) is 21.5 Å². The van der Waals surface area contributed by atoms with E-state index in [1.807, 2.05) is 49.4 Å². The van der Waals surface area contributed by atoms with Crippen LogP contribution in [0.5, 0.6) is 0 Å². The molecule has 1 aromatic heterocycles. The largest absolute Gasteiger partial charge is 0.348 e. The molecule has 0 aliphatic heterocycles. The lowest BCUT2D eigenvalue weighted by atomic mass is 10.1. The molecule has 0 spiro atoms. The van der Waals surface area contributed by atoms with E-state index < -0.39 is 0 Å². The van der Waals surface area contributed by atoms with E-state index in [1.54, 1.807) is 18.3 Å². The molecule has 3 rings (SSSR count). The Morgan fingerprint density at radius 1 is 1.19 bits per heavy atom. The van der Waals surface area contributed by atoms with Gasteiger partial charge >= 0.3 is 0 Å². The molecule has 0 atom stereocenters. The first-order chi connectivity index (χ1) is 13.1. The van der Waals surface area contributed by atoms with Crippen molar-refractivity contribution < 1.29 is 4.79 Å². The zero-order chi connectivity index (χ0) is 19.2. The summed E-state index contributed by atoms with van der Waals surface area (Å²) in [6.07, 6.45) is 1.56. The molecule has 0 bridgehead atoms. The van der Waals surface area contributed by atoms with E-state index in [0.29, 0.717) is 17.1 Å². The minimum absolute atomic E-state index is 0.172. The predicted molar refractivity (Wildman–Crippen MR) is 110 cm³/mol. The van der Waals surface area contributed by atoms with Gasteiger partial charge in [0.15, 0.2) is 0 Å². The van der Waals surface area contributed by atoms with Crippen LogP contribution in [0.3, 0.4) is 0 Å². The van der Waals surface area contributed by atoms with Crippen molar-refractivity contribution in [3.63, 3.8) is 0 Å². The van der Waals surface area contributed by atoms with Crippen LogP contribution in [-0.2, 0) is 6.54 Å². The molecule has 0 radical (unpaired) electrons. The molecule has 0 saturated carbocycles. The smallest absolute Gasteiger partial charge is 0.253 e. The maximum absolute atomic E-state index is 12.4. The van der Waals surface area contributed by atoms with Crippen LogP contribution in [0.4, 0.5) is 0 Å². The summed E-state index contributed by atoms with van der Waals surface area (Å²) in [5, 5.41) is 3.55. The number of nitrogens with two attached hydrogens (primary N) is 1. The lowest BCUT2D eigenvalue weighted by Gasteiger charge is -2.10. The Morgan fingerprint density at radius 2 is 2.00 bits per heavy atom. The van der Waals surface area contributed by atoms with Crippen LogP contribution in [0.2, 0.25) is 5.02 Å². The number of halogens is 1. The van der Waals surface area contributed by atoms with Gasteiger partial charge in [-0.1, -0.05) is 35.9 Å². The number of carbonyl (C=O) groups is 1. The maximum Gasteiger partial charge on any atom is 0.253 e. The quantitative estimate of drug-likeness (QED) is 0.331. The maximum atomic E-state index is 12.4. The van der Waals surface area contributed by atoms with Gasteiger partial charge in [0.05, 0.1) is 11.3 Å². The highest BCUT2D eigenvalue weighted by Gasteiger charge is 2.09. The molecule has 0 fully saturated rings. The minimum atomic E-state index is -0.172. The molecule has 27 heavy (non-hydrogen) atoms. The molecule has 3 aromatic rings. The van der Waals surface area contributed by atoms with Gasteiger partial charge in [-0.2, -0.15) is 4.83 Å². The van der Waals surface area contributed by atoms with Crippen LogP contribution in [0.25, 0.3) is 11.3 Å². The van der Waals surface area contributed by atoms with Crippen molar-refractivity contribution in [3.8, 4) is 11.3 Å². The Bertz CT molecular complexity index is 947. The van der Waals surface area contributed by atoms with Crippen LogP contribution in [0.15, 0.2) is 65.7 Å². The number of hydrogen-bond donors (Lipinski definition) is 3. The van der Waals surface area contributed by atoms with E-state index >= 15 is 0 Å². The fraction of sp³-hybridized carbons (Fsp3) is 0.100. The number of nitrogens with one attached hydrogen (secondary N) is 2. The van der Waals surface area contributed by atoms with Crippen molar-refractivity contribution in [2.75, 3.05) is 0 Å².